The molecule has 2 unspecified atom stereocenters. The lowest BCUT2D eigenvalue weighted by molar-refractivity contribution is 0.0913. The Labute approximate surface area is 111 Å². The van der Waals surface area contributed by atoms with Gasteiger partial charge < -0.3 is 15.7 Å². The molecule has 0 spiro atoms. The Kier molecular flexibility index (Phi) is 4.54. The van der Waals surface area contributed by atoms with Crippen LogP contribution >= 0.6 is 11.3 Å². The van der Waals surface area contributed by atoms with Crippen LogP contribution < -0.4 is 10.6 Å². The molecule has 2 atom stereocenters. The molecule has 0 radical (unpaired) electrons. The molecule has 1 amide bonds. The van der Waals surface area contributed by atoms with Gasteiger partial charge in [0.1, 0.15) is 5.69 Å². The van der Waals surface area contributed by atoms with E-state index < -0.39 is 0 Å². The van der Waals surface area contributed by atoms with E-state index in [2.05, 4.69) is 15.6 Å². The maximum atomic E-state index is 11.8. The van der Waals surface area contributed by atoms with Gasteiger partial charge in [-0.1, -0.05) is 6.42 Å². The number of rotatable bonds is 5. The van der Waals surface area contributed by atoms with Crippen molar-refractivity contribution in [3.8, 4) is 0 Å². The van der Waals surface area contributed by atoms with Crippen molar-refractivity contribution < 1.29 is 9.90 Å². The number of carbonyl (C=O) groups is 1. The van der Waals surface area contributed by atoms with Crippen LogP contribution in [0.5, 0.6) is 0 Å². The summed E-state index contributed by atoms with van der Waals surface area (Å²) in [7, 11) is 0. The van der Waals surface area contributed by atoms with Crippen LogP contribution in [-0.2, 0) is 0 Å². The third kappa shape index (κ3) is 3.20. The number of hydrogen-bond donors (Lipinski definition) is 3. The van der Waals surface area contributed by atoms with Crippen LogP contribution in [0.4, 0.5) is 5.13 Å². The van der Waals surface area contributed by atoms with Gasteiger partial charge in [0, 0.05) is 24.4 Å². The monoisotopic (exact) mass is 269 g/mol. The van der Waals surface area contributed by atoms with Crippen LogP contribution in [-0.4, -0.2) is 35.2 Å². The maximum Gasteiger partial charge on any atom is 0.270 e. The van der Waals surface area contributed by atoms with E-state index in [0.717, 1.165) is 30.9 Å². The fourth-order valence-electron chi connectivity index (χ4n) is 2.18. The highest BCUT2D eigenvalue weighted by Crippen LogP contribution is 2.24. The minimum Gasteiger partial charge on any atom is -0.393 e. The maximum absolute atomic E-state index is 11.8. The molecular formula is C12H19N3O2S. The number of carbonyl (C=O) groups excluding carboxylic acids is 1. The molecule has 1 heterocycles. The summed E-state index contributed by atoms with van der Waals surface area (Å²) in [5, 5.41) is 18.1. The molecule has 1 saturated carbocycles. The van der Waals surface area contributed by atoms with Crippen LogP contribution in [0.3, 0.4) is 0 Å². The van der Waals surface area contributed by atoms with Gasteiger partial charge in [-0.15, -0.1) is 11.3 Å². The largest absolute Gasteiger partial charge is 0.393 e. The van der Waals surface area contributed by atoms with Crippen molar-refractivity contribution in [3.05, 3.63) is 11.1 Å². The summed E-state index contributed by atoms with van der Waals surface area (Å²) in [6, 6.07) is 0. The average Bonchev–Trinajstić information content (AvgIpc) is 2.96. The summed E-state index contributed by atoms with van der Waals surface area (Å²) >= 11 is 1.43. The zero-order valence-electron chi connectivity index (χ0n) is 10.5. The van der Waals surface area contributed by atoms with Crippen LogP contribution in [0.25, 0.3) is 0 Å². The first-order valence-corrected chi connectivity index (χ1v) is 7.24. The molecule has 1 aromatic rings. The van der Waals surface area contributed by atoms with Crippen molar-refractivity contribution in [2.45, 2.75) is 32.3 Å². The van der Waals surface area contributed by atoms with E-state index in [0.29, 0.717) is 12.2 Å². The quantitative estimate of drug-likeness (QED) is 0.756. The fourth-order valence-corrected chi connectivity index (χ4v) is 2.94. The summed E-state index contributed by atoms with van der Waals surface area (Å²) in [6.07, 6.45) is 2.62. The smallest absolute Gasteiger partial charge is 0.270 e. The van der Waals surface area contributed by atoms with E-state index in [1.807, 2.05) is 6.92 Å². The Balaban J connectivity index is 1.83. The number of amides is 1. The molecule has 0 bridgehead atoms. The van der Waals surface area contributed by atoms with E-state index in [1.54, 1.807) is 5.38 Å². The van der Waals surface area contributed by atoms with E-state index in [4.69, 9.17) is 0 Å². The Bertz CT molecular complexity index is 408. The lowest BCUT2D eigenvalue weighted by Crippen LogP contribution is -2.32. The molecule has 1 fully saturated rings. The molecule has 0 saturated heterocycles. The predicted octanol–water partition coefficient (Wildman–Crippen LogP) is 1.47. The number of hydrogen-bond acceptors (Lipinski definition) is 5. The van der Waals surface area contributed by atoms with Crippen molar-refractivity contribution in [2.75, 3.05) is 18.4 Å². The van der Waals surface area contributed by atoms with Crippen LogP contribution in [0, 0.1) is 5.92 Å². The van der Waals surface area contributed by atoms with E-state index in [9.17, 15) is 9.90 Å². The second kappa shape index (κ2) is 6.15. The minimum atomic E-state index is -0.266. The van der Waals surface area contributed by atoms with Crippen molar-refractivity contribution in [3.63, 3.8) is 0 Å². The predicted molar refractivity (Wildman–Crippen MR) is 72.0 cm³/mol. The third-order valence-electron chi connectivity index (χ3n) is 3.21. The number of aliphatic hydroxyl groups excluding tert-OH is 1. The van der Waals surface area contributed by atoms with E-state index in [-0.39, 0.29) is 17.9 Å². The summed E-state index contributed by atoms with van der Waals surface area (Å²) in [5.74, 6) is 0.0373. The molecule has 6 heteroatoms. The SMILES string of the molecule is CCNc1nc(C(=O)NCC2CCCC2O)cs1. The van der Waals surface area contributed by atoms with Gasteiger partial charge in [-0.25, -0.2) is 4.98 Å². The second-order valence-electron chi connectivity index (χ2n) is 4.54. The van der Waals surface area contributed by atoms with Crippen molar-refractivity contribution in [2.24, 2.45) is 5.92 Å². The van der Waals surface area contributed by atoms with Gasteiger partial charge in [0.25, 0.3) is 5.91 Å². The van der Waals surface area contributed by atoms with Crippen LogP contribution in [0.15, 0.2) is 5.38 Å². The summed E-state index contributed by atoms with van der Waals surface area (Å²) in [6.45, 7) is 3.32. The molecule has 3 N–H and O–H groups in total. The first-order chi connectivity index (χ1) is 8.70. The van der Waals surface area contributed by atoms with Gasteiger partial charge in [-0.05, 0) is 19.8 Å². The summed E-state index contributed by atoms with van der Waals surface area (Å²) in [4.78, 5) is 16.0. The number of thiazole rings is 1. The molecule has 18 heavy (non-hydrogen) atoms. The Morgan fingerprint density at radius 3 is 3.11 bits per heavy atom. The van der Waals surface area contributed by atoms with Gasteiger partial charge in [0.15, 0.2) is 5.13 Å². The van der Waals surface area contributed by atoms with E-state index in [1.165, 1.54) is 11.3 Å². The number of aliphatic hydroxyl groups is 1. The van der Waals surface area contributed by atoms with Crippen molar-refractivity contribution >= 4 is 22.4 Å². The first kappa shape index (κ1) is 13.3. The zero-order valence-corrected chi connectivity index (χ0v) is 11.3. The standard InChI is InChI=1S/C12H19N3O2S/c1-2-13-12-15-9(7-18-12)11(17)14-6-8-4-3-5-10(8)16/h7-8,10,16H,2-6H2,1H3,(H,13,15)(H,14,17). The normalized spacial score (nSPS) is 23.0. The lowest BCUT2D eigenvalue weighted by atomic mass is 10.1. The molecule has 0 aromatic carbocycles. The highest BCUT2D eigenvalue weighted by Gasteiger charge is 2.25. The van der Waals surface area contributed by atoms with Gasteiger partial charge >= 0.3 is 0 Å². The summed E-state index contributed by atoms with van der Waals surface area (Å²) in [5.41, 5.74) is 0.448. The Morgan fingerprint density at radius 2 is 2.44 bits per heavy atom. The third-order valence-corrected chi connectivity index (χ3v) is 4.01. The molecule has 1 aliphatic carbocycles. The van der Waals surface area contributed by atoms with Gasteiger partial charge in [-0.3, -0.25) is 4.79 Å². The van der Waals surface area contributed by atoms with E-state index >= 15 is 0 Å². The highest BCUT2D eigenvalue weighted by molar-refractivity contribution is 7.13. The van der Waals surface area contributed by atoms with Gasteiger partial charge in [0.2, 0.25) is 0 Å². The van der Waals surface area contributed by atoms with Gasteiger partial charge in [0.05, 0.1) is 6.10 Å². The Hall–Kier alpha value is -1.14. The number of aromatic nitrogens is 1. The molecule has 0 aliphatic heterocycles. The molecular weight excluding hydrogens is 250 g/mol. The van der Waals surface area contributed by atoms with Crippen LogP contribution in [0.1, 0.15) is 36.7 Å². The lowest BCUT2D eigenvalue weighted by Gasteiger charge is -2.14. The molecule has 1 aliphatic rings. The first-order valence-electron chi connectivity index (χ1n) is 6.36. The zero-order chi connectivity index (χ0) is 13.0. The Morgan fingerprint density at radius 1 is 1.61 bits per heavy atom. The molecule has 1 aromatic heterocycles. The molecule has 100 valence electrons. The average molecular weight is 269 g/mol. The van der Waals surface area contributed by atoms with Gasteiger partial charge in [-0.2, -0.15) is 0 Å². The number of nitrogens with one attached hydrogen (secondary N) is 2. The molecule has 2 rings (SSSR count). The highest BCUT2D eigenvalue weighted by atomic mass is 32.1. The van der Waals surface area contributed by atoms with Crippen molar-refractivity contribution in [1.29, 1.82) is 0 Å². The number of anilines is 1. The topological polar surface area (TPSA) is 74.2 Å². The van der Waals surface area contributed by atoms with Crippen molar-refractivity contribution in [1.82, 2.24) is 10.3 Å². The minimum absolute atomic E-state index is 0.158. The fraction of sp³-hybridized carbons (Fsp3) is 0.667. The number of nitrogens with zero attached hydrogens (tertiary/aromatic N) is 1. The van der Waals surface area contributed by atoms with Crippen LogP contribution in [0.2, 0.25) is 0 Å². The summed E-state index contributed by atoms with van der Waals surface area (Å²) < 4.78 is 0. The second-order valence-corrected chi connectivity index (χ2v) is 5.39. The molecule has 5 nitrogen and oxygen atoms in total.